The molecule has 0 heterocycles. The predicted octanol–water partition coefficient (Wildman–Crippen LogP) is 4.38. The van der Waals surface area contributed by atoms with Crippen molar-refractivity contribution in [1.29, 1.82) is 0 Å². The van der Waals surface area contributed by atoms with Gasteiger partial charge in [0.15, 0.2) is 0 Å². The lowest BCUT2D eigenvalue weighted by atomic mass is 9.82. The normalized spacial score (nSPS) is 13.7. The molecular weight excluding hydrogens is 218 g/mol. The highest BCUT2D eigenvalue weighted by Crippen LogP contribution is 2.24. The van der Waals surface area contributed by atoms with E-state index < -0.39 is 0 Å². The first kappa shape index (κ1) is 15.2. The van der Waals surface area contributed by atoms with Gasteiger partial charge in [0.25, 0.3) is 0 Å². The van der Waals surface area contributed by atoms with Crippen LogP contribution in [-0.4, -0.2) is 6.54 Å². The Morgan fingerprint density at radius 3 is 2.00 bits per heavy atom. The summed E-state index contributed by atoms with van der Waals surface area (Å²) < 4.78 is 0. The van der Waals surface area contributed by atoms with E-state index in [9.17, 15) is 0 Å². The van der Waals surface area contributed by atoms with E-state index in [-0.39, 0.29) is 0 Å². The zero-order chi connectivity index (χ0) is 13.9. The molecule has 1 N–H and O–H groups in total. The Morgan fingerprint density at radius 1 is 1.06 bits per heavy atom. The number of aryl methyl sites for hydroxylation is 3. The summed E-state index contributed by atoms with van der Waals surface area (Å²) in [6.45, 7) is 17.9. The van der Waals surface area contributed by atoms with Crippen LogP contribution in [0.1, 0.15) is 49.9 Å². The lowest BCUT2D eigenvalue weighted by molar-refractivity contribution is 0.252. The molecule has 1 atom stereocenters. The molecule has 0 aliphatic rings. The van der Waals surface area contributed by atoms with Crippen molar-refractivity contribution in [1.82, 2.24) is 5.32 Å². The van der Waals surface area contributed by atoms with Crippen molar-refractivity contribution in [3.05, 3.63) is 34.4 Å². The monoisotopic (exact) mass is 247 g/mol. The summed E-state index contributed by atoms with van der Waals surface area (Å²) in [5.74, 6) is 0.684. The molecule has 1 aromatic rings. The molecule has 0 aromatic heterocycles. The molecule has 0 amide bonds. The molecule has 0 aliphatic carbocycles. The Morgan fingerprint density at radius 2 is 1.56 bits per heavy atom. The van der Waals surface area contributed by atoms with Crippen LogP contribution in [0, 0.1) is 32.1 Å². The summed E-state index contributed by atoms with van der Waals surface area (Å²) in [5.41, 5.74) is 6.01. The van der Waals surface area contributed by atoms with Gasteiger partial charge in [0, 0.05) is 6.54 Å². The van der Waals surface area contributed by atoms with Crippen LogP contribution in [0.2, 0.25) is 0 Å². The molecule has 102 valence electrons. The summed E-state index contributed by atoms with van der Waals surface area (Å²) in [5, 5.41) is 3.61. The molecule has 0 aliphatic heterocycles. The van der Waals surface area contributed by atoms with Gasteiger partial charge >= 0.3 is 0 Å². The van der Waals surface area contributed by atoms with Gasteiger partial charge in [-0.05, 0) is 55.3 Å². The Labute approximate surface area is 113 Å². The maximum atomic E-state index is 3.61. The summed E-state index contributed by atoms with van der Waals surface area (Å²) in [7, 11) is 0. The van der Waals surface area contributed by atoms with Crippen molar-refractivity contribution >= 4 is 0 Å². The average Bonchev–Trinajstić information content (AvgIpc) is 2.19. The minimum atomic E-state index is 0.379. The number of hydrogen-bond acceptors (Lipinski definition) is 1. The molecule has 0 bridgehead atoms. The minimum Gasteiger partial charge on any atom is -0.312 e. The molecule has 0 saturated heterocycles. The standard InChI is InChI=1S/C17H29N/c1-12-8-13(2)16(14(3)9-12)11-18-10-15(4)17(5,6)7/h8-9,15,18H,10-11H2,1-7H3. The summed E-state index contributed by atoms with van der Waals surface area (Å²) >= 11 is 0. The second kappa shape index (κ2) is 5.88. The van der Waals surface area contributed by atoms with E-state index in [1.165, 1.54) is 22.3 Å². The number of benzene rings is 1. The number of rotatable bonds is 4. The molecular formula is C17H29N. The van der Waals surface area contributed by atoms with Crippen molar-refractivity contribution < 1.29 is 0 Å². The van der Waals surface area contributed by atoms with Crippen molar-refractivity contribution in [2.45, 2.75) is 55.0 Å². The van der Waals surface area contributed by atoms with Gasteiger partial charge in [-0.1, -0.05) is 45.4 Å². The van der Waals surface area contributed by atoms with Gasteiger partial charge in [-0.2, -0.15) is 0 Å². The molecule has 1 unspecified atom stereocenters. The second-order valence-electron chi connectivity index (χ2n) is 6.78. The molecule has 0 saturated carbocycles. The highest BCUT2D eigenvalue weighted by molar-refractivity contribution is 5.37. The lowest BCUT2D eigenvalue weighted by Crippen LogP contribution is -2.29. The third-order valence-corrected chi connectivity index (χ3v) is 4.07. The number of nitrogens with one attached hydrogen (secondary N) is 1. The van der Waals surface area contributed by atoms with Crippen LogP contribution in [0.3, 0.4) is 0 Å². The fourth-order valence-corrected chi connectivity index (χ4v) is 2.21. The highest BCUT2D eigenvalue weighted by Gasteiger charge is 2.19. The molecule has 18 heavy (non-hydrogen) atoms. The van der Waals surface area contributed by atoms with Gasteiger partial charge in [-0.15, -0.1) is 0 Å². The van der Waals surface area contributed by atoms with Crippen LogP contribution >= 0.6 is 0 Å². The van der Waals surface area contributed by atoms with E-state index in [4.69, 9.17) is 0 Å². The molecule has 1 heteroatoms. The third-order valence-electron chi connectivity index (χ3n) is 4.07. The zero-order valence-corrected chi connectivity index (χ0v) is 13.1. The van der Waals surface area contributed by atoms with Crippen LogP contribution in [0.25, 0.3) is 0 Å². The topological polar surface area (TPSA) is 12.0 Å². The van der Waals surface area contributed by atoms with Crippen molar-refractivity contribution in [3.8, 4) is 0 Å². The van der Waals surface area contributed by atoms with E-state index in [1.54, 1.807) is 0 Å². The van der Waals surface area contributed by atoms with E-state index >= 15 is 0 Å². The minimum absolute atomic E-state index is 0.379. The number of hydrogen-bond donors (Lipinski definition) is 1. The first-order valence-corrected chi connectivity index (χ1v) is 6.99. The molecule has 1 nitrogen and oxygen atoms in total. The third kappa shape index (κ3) is 4.13. The zero-order valence-electron chi connectivity index (χ0n) is 13.1. The van der Waals surface area contributed by atoms with E-state index in [0.29, 0.717) is 11.3 Å². The van der Waals surface area contributed by atoms with Gasteiger partial charge in [-0.3, -0.25) is 0 Å². The van der Waals surface area contributed by atoms with Crippen LogP contribution in [-0.2, 0) is 6.54 Å². The Balaban J connectivity index is 2.60. The van der Waals surface area contributed by atoms with Gasteiger partial charge in [-0.25, -0.2) is 0 Å². The van der Waals surface area contributed by atoms with Crippen LogP contribution in [0.15, 0.2) is 12.1 Å². The molecule has 1 aromatic carbocycles. The van der Waals surface area contributed by atoms with Gasteiger partial charge in [0.2, 0.25) is 0 Å². The fourth-order valence-electron chi connectivity index (χ4n) is 2.21. The van der Waals surface area contributed by atoms with Crippen LogP contribution < -0.4 is 5.32 Å². The average molecular weight is 247 g/mol. The smallest absolute Gasteiger partial charge is 0.0210 e. The Hall–Kier alpha value is -0.820. The summed E-state index contributed by atoms with van der Waals surface area (Å²) in [6, 6.07) is 4.55. The quantitative estimate of drug-likeness (QED) is 0.832. The van der Waals surface area contributed by atoms with Crippen LogP contribution in [0.4, 0.5) is 0 Å². The SMILES string of the molecule is Cc1cc(C)c(CNCC(C)C(C)(C)C)c(C)c1. The lowest BCUT2D eigenvalue weighted by Gasteiger charge is -2.27. The van der Waals surface area contributed by atoms with Crippen LogP contribution in [0.5, 0.6) is 0 Å². The predicted molar refractivity (Wildman–Crippen MR) is 81.0 cm³/mol. The van der Waals surface area contributed by atoms with Gasteiger partial charge in [0.05, 0.1) is 0 Å². The Kier molecular flexibility index (Phi) is 4.98. The molecule has 0 spiro atoms. The fraction of sp³-hybridized carbons (Fsp3) is 0.647. The Bertz CT molecular complexity index is 376. The first-order valence-electron chi connectivity index (χ1n) is 6.99. The molecule has 0 fully saturated rings. The maximum Gasteiger partial charge on any atom is 0.0210 e. The van der Waals surface area contributed by atoms with Crippen molar-refractivity contribution in [2.75, 3.05) is 6.54 Å². The molecule has 0 radical (unpaired) electrons. The van der Waals surface area contributed by atoms with E-state index in [0.717, 1.165) is 13.1 Å². The van der Waals surface area contributed by atoms with E-state index in [2.05, 4.69) is 65.9 Å². The largest absolute Gasteiger partial charge is 0.312 e. The first-order chi connectivity index (χ1) is 8.21. The van der Waals surface area contributed by atoms with Crippen molar-refractivity contribution in [2.24, 2.45) is 11.3 Å². The maximum absolute atomic E-state index is 3.61. The highest BCUT2D eigenvalue weighted by atomic mass is 14.9. The van der Waals surface area contributed by atoms with E-state index in [1.807, 2.05) is 0 Å². The van der Waals surface area contributed by atoms with Gasteiger partial charge < -0.3 is 5.32 Å². The molecule has 1 rings (SSSR count). The summed E-state index contributed by atoms with van der Waals surface area (Å²) in [6.07, 6.45) is 0. The van der Waals surface area contributed by atoms with Crippen molar-refractivity contribution in [3.63, 3.8) is 0 Å². The summed E-state index contributed by atoms with van der Waals surface area (Å²) in [4.78, 5) is 0. The second-order valence-corrected chi connectivity index (χ2v) is 6.78. The van der Waals surface area contributed by atoms with Gasteiger partial charge in [0.1, 0.15) is 0 Å².